The Labute approximate surface area is 151 Å². The van der Waals surface area contributed by atoms with Crippen LogP contribution >= 0.6 is 0 Å². The third-order valence-corrected chi connectivity index (χ3v) is 5.41. The lowest BCUT2D eigenvalue weighted by molar-refractivity contribution is 0.600. The topological polar surface area (TPSA) is 61.4 Å². The molecule has 6 heteroatoms. The van der Waals surface area contributed by atoms with Gasteiger partial charge >= 0.3 is 0 Å². The van der Waals surface area contributed by atoms with Crippen LogP contribution in [0.5, 0.6) is 0 Å². The van der Waals surface area contributed by atoms with Crippen LogP contribution in [0.3, 0.4) is 0 Å². The third-order valence-electron chi connectivity index (χ3n) is 3.92. The van der Waals surface area contributed by atoms with Crippen molar-refractivity contribution in [3.05, 3.63) is 48.5 Å². The van der Waals surface area contributed by atoms with E-state index in [0.29, 0.717) is 12.1 Å². The number of benzene rings is 2. The fourth-order valence-electron chi connectivity index (χ4n) is 2.63. The second-order valence-corrected chi connectivity index (χ2v) is 7.68. The van der Waals surface area contributed by atoms with Crippen molar-refractivity contribution >= 4 is 32.8 Å². The van der Waals surface area contributed by atoms with E-state index in [-0.39, 0.29) is 5.75 Å². The zero-order valence-electron chi connectivity index (χ0n) is 15.1. The van der Waals surface area contributed by atoms with Gasteiger partial charge in [-0.05, 0) is 68.8 Å². The van der Waals surface area contributed by atoms with Crippen molar-refractivity contribution in [2.45, 2.75) is 27.2 Å². The molecule has 0 aliphatic heterocycles. The van der Waals surface area contributed by atoms with E-state index in [1.54, 1.807) is 12.1 Å². The molecule has 0 saturated heterocycles. The van der Waals surface area contributed by atoms with Crippen LogP contribution in [0.25, 0.3) is 0 Å². The van der Waals surface area contributed by atoms with E-state index in [1.807, 2.05) is 31.2 Å². The van der Waals surface area contributed by atoms with Crippen LogP contribution in [0.4, 0.5) is 22.7 Å². The Morgan fingerprint density at radius 2 is 1.28 bits per heavy atom. The van der Waals surface area contributed by atoms with E-state index < -0.39 is 10.0 Å². The van der Waals surface area contributed by atoms with Gasteiger partial charge in [-0.15, -0.1) is 0 Å². The van der Waals surface area contributed by atoms with Crippen LogP contribution in [0.2, 0.25) is 0 Å². The molecule has 0 saturated carbocycles. The Balaban J connectivity index is 2.01. The molecular weight excluding hydrogens is 334 g/mol. The molecule has 2 N–H and O–H groups in total. The van der Waals surface area contributed by atoms with E-state index >= 15 is 0 Å². The Kier molecular flexibility index (Phi) is 6.70. The zero-order chi connectivity index (χ0) is 18.3. The molecule has 25 heavy (non-hydrogen) atoms. The van der Waals surface area contributed by atoms with Crippen molar-refractivity contribution in [2.75, 3.05) is 33.8 Å². The van der Waals surface area contributed by atoms with Crippen molar-refractivity contribution < 1.29 is 8.42 Å². The minimum Gasteiger partial charge on any atom is -0.372 e. The van der Waals surface area contributed by atoms with Gasteiger partial charge < -0.3 is 10.2 Å². The summed E-state index contributed by atoms with van der Waals surface area (Å²) in [6.07, 6.45) is 0.596. The molecule has 0 aliphatic carbocycles. The van der Waals surface area contributed by atoms with Crippen LogP contribution in [0.15, 0.2) is 48.5 Å². The maximum Gasteiger partial charge on any atom is 0.232 e. The van der Waals surface area contributed by atoms with Gasteiger partial charge in [0.25, 0.3) is 0 Å². The Morgan fingerprint density at radius 3 is 1.76 bits per heavy atom. The average molecular weight is 362 g/mol. The second-order valence-electron chi connectivity index (χ2n) is 5.84. The fraction of sp³-hybridized carbons (Fsp3) is 0.368. The number of rotatable bonds is 9. The van der Waals surface area contributed by atoms with Gasteiger partial charge in [-0.1, -0.05) is 6.92 Å². The molecule has 0 spiro atoms. The van der Waals surface area contributed by atoms with Gasteiger partial charge in [0.15, 0.2) is 0 Å². The average Bonchev–Trinajstić information content (AvgIpc) is 2.59. The van der Waals surface area contributed by atoms with Crippen LogP contribution in [0.1, 0.15) is 27.2 Å². The molecule has 0 amide bonds. The van der Waals surface area contributed by atoms with Gasteiger partial charge in [0.2, 0.25) is 10.0 Å². The van der Waals surface area contributed by atoms with E-state index in [9.17, 15) is 8.42 Å². The van der Waals surface area contributed by atoms with Crippen LogP contribution in [-0.4, -0.2) is 27.3 Å². The molecule has 0 aromatic heterocycles. The highest BCUT2D eigenvalue weighted by atomic mass is 32.2. The highest BCUT2D eigenvalue weighted by Gasteiger charge is 2.08. The zero-order valence-corrected chi connectivity index (χ0v) is 15.9. The lowest BCUT2D eigenvalue weighted by Crippen LogP contribution is -2.21. The number of hydrogen-bond donors (Lipinski definition) is 2. The third kappa shape index (κ3) is 5.67. The van der Waals surface area contributed by atoms with Gasteiger partial charge in [-0.25, -0.2) is 8.42 Å². The molecule has 2 aromatic carbocycles. The van der Waals surface area contributed by atoms with Gasteiger partial charge in [0.05, 0.1) is 5.75 Å². The molecule has 2 aromatic rings. The first-order chi connectivity index (χ1) is 12.0. The van der Waals surface area contributed by atoms with E-state index in [1.165, 1.54) is 5.69 Å². The summed E-state index contributed by atoms with van der Waals surface area (Å²) in [4.78, 5) is 2.29. The SMILES string of the molecule is CCCS(=O)(=O)Nc1ccc(Nc2ccc(N(CC)CC)cc2)cc1. The fourth-order valence-corrected chi connectivity index (χ4v) is 3.77. The summed E-state index contributed by atoms with van der Waals surface area (Å²) in [5, 5.41) is 3.33. The molecule has 0 heterocycles. The first-order valence-electron chi connectivity index (χ1n) is 8.70. The first kappa shape index (κ1) is 19.1. The monoisotopic (exact) mass is 361 g/mol. The molecule has 136 valence electrons. The lowest BCUT2D eigenvalue weighted by atomic mass is 10.2. The second kappa shape index (κ2) is 8.76. The summed E-state index contributed by atoms with van der Waals surface area (Å²) in [7, 11) is -3.25. The Morgan fingerprint density at radius 1 is 0.800 bits per heavy atom. The van der Waals surface area contributed by atoms with E-state index in [4.69, 9.17) is 0 Å². The normalized spacial score (nSPS) is 11.2. The predicted octanol–water partition coefficient (Wildman–Crippen LogP) is 4.43. The highest BCUT2D eigenvalue weighted by molar-refractivity contribution is 7.92. The molecule has 0 fully saturated rings. The quantitative estimate of drug-likeness (QED) is 0.694. The van der Waals surface area contributed by atoms with Gasteiger partial charge in [0.1, 0.15) is 0 Å². The standard InChI is InChI=1S/C19H27N3O2S/c1-4-15-25(23,24)21-18-9-7-16(8-10-18)20-17-11-13-19(14-12-17)22(5-2)6-3/h7-14,20-21H,4-6,15H2,1-3H3. The molecule has 2 rings (SSSR count). The number of sulfonamides is 1. The van der Waals surface area contributed by atoms with Crippen molar-refractivity contribution in [3.8, 4) is 0 Å². The van der Waals surface area contributed by atoms with Gasteiger partial charge in [0, 0.05) is 35.8 Å². The molecule has 0 atom stereocenters. The summed E-state index contributed by atoms with van der Waals surface area (Å²) >= 11 is 0. The minimum atomic E-state index is -3.25. The summed E-state index contributed by atoms with van der Waals surface area (Å²) in [6, 6.07) is 15.5. The summed E-state index contributed by atoms with van der Waals surface area (Å²) in [5.41, 5.74) is 3.69. The predicted molar refractivity (Wildman–Crippen MR) is 107 cm³/mol. The van der Waals surface area contributed by atoms with Crippen molar-refractivity contribution in [3.63, 3.8) is 0 Å². The number of anilines is 4. The molecular formula is C19H27N3O2S. The van der Waals surface area contributed by atoms with E-state index in [0.717, 1.165) is 24.5 Å². The van der Waals surface area contributed by atoms with Crippen LogP contribution in [0, 0.1) is 0 Å². The van der Waals surface area contributed by atoms with Crippen LogP contribution < -0.4 is 14.9 Å². The summed E-state index contributed by atoms with van der Waals surface area (Å²) in [6.45, 7) is 8.10. The van der Waals surface area contributed by atoms with Gasteiger partial charge in [-0.3, -0.25) is 4.72 Å². The van der Waals surface area contributed by atoms with E-state index in [2.05, 4.69) is 40.9 Å². The summed E-state index contributed by atoms with van der Waals surface area (Å²) in [5.74, 6) is 0.131. The first-order valence-corrected chi connectivity index (χ1v) is 10.3. The molecule has 0 aliphatic rings. The smallest absolute Gasteiger partial charge is 0.232 e. The number of nitrogens with zero attached hydrogens (tertiary/aromatic N) is 1. The Hall–Kier alpha value is -2.21. The highest BCUT2D eigenvalue weighted by Crippen LogP contribution is 2.22. The molecule has 0 bridgehead atoms. The molecule has 0 radical (unpaired) electrons. The largest absolute Gasteiger partial charge is 0.372 e. The number of hydrogen-bond acceptors (Lipinski definition) is 4. The van der Waals surface area contributed by atoms with Crippen LogP contribution in [-0.2, 0) is 10.0 Å². The van der Waals surface area contributed by atoms with Crippen molar-refractivity contribution in [1.29, 1.82) is 0 Å². The minimum absolute atomic E-state index is 0.131. The maximum atomic E-state index is 11.8. The summed E-state index contributed by atoms with van der Waals surface area (Å²) < 4.78 is 26.1. The Bertz CT molecular complexity index is 752. The molecule has 5 nitrogen and oxygen atoms in total. The van der Waals surface area contributed by atoms with Crippen molar-refractivity contribution in [2.24, 2.45) is 0 Å². The van der Waals surface area contributed by atoms with Crippen molar-refractivity contribution in [1.82, 2.24) is 0 Å². The molecule has 0 unspecified atom stereocenters. The lowest BCUT2D eigenvalue weighted by Gasteiger charge is -2.21. The maximum absolute atomic E-state index is 11.8. The number of nitrogens with one attached hydrogen (secondary N) is 2. The van der Waals surface area contributed by atoms with Gasteiger partial charge in [-0.2, -0.15) is 0 Å².